The molecule has 0 fully saturated rings. The average Bonchev–Trinajstić information content (AvgIpc) is 2.41. The Balaban J connectivity index is 2.20. The van der Waals surface area contributed by atoms with Crippen LogP contribution in [0, 0.1) is 5.82 Å². The Hall–Kier alpha value is -1.59. The highest BCUT2D eigenvalue weighted by Gasteiger charge is 2.09. The second-order valence-corrected chi connectivity index (χ2v) is 5.41. The van der Waals surface area contributed by atoms with Crippen molar-refractivity contribution in [3.8, 4) is 0 Å². The fraction of sp³-hybridized carbons (Fsp3) is 0.0714. The average molecular weight is 359 g/mol. The SMILES string of the molecule is O=C(O)c1ccc(F)c(NCc2cc(Br)ccc2Cl)c1. The van der Waals surface area contributed by atoms with Crippen LogP contribution in [-0.4, -0.2) is 11.1 Å². The van der Waals surface area contributed by atoms with E-state index in [-0.39, 0.29) is 17.8 Å². The predicted molar refractivity (Wildman–Crippen MR) is 79.8 cm³/mol. The molecule has 0 aliphatic carbocycles. The Kier molecular flexibility index (Phi) is 4.62. The molecule has 0 bridgehead atoms. The van der Waals surface area contributed by atoms with Gasteiger partial charge in [-0.25, -0.2) is 9.18 Å². The summed E-state index contributed by atoms with van der Waals surface area (Å²) >= 11 is 9.36. The molecule has 2 rings (SSSR count). The summed E-state index contributed by atoms with van der Waals surface area (Å²) in [5.74, 6) is -1.62. The summed E-state index contributed by atoms with van der Waals surface area (Å²) in [6, 6.07) is 8.94. The summed E-state index contributed by atoms with van der Waals surface area (Å²) in [5, 5.41) is 12.3. The van der Waals surface area contributed by atoms with E-state index in [0.29, 0.717) is 5.02 Å². The van der Waals surface area contributed by atoms with Crippen molar-refractivity contribution in [3.05, 3.63) is 62.8 Å². The molecule has 0 heterocycles. The minimum Gasteiger partial charge on any atom is -0.478 e. The predicted octanol–water partition coefficient (Wildman–Crippen LogP) is 4.55. The molecule has 20 heavy (non-hydrogen) atoms. The van der Waals surface area contributed by atoms with Gasteiger partial charge < -0.3 is 10.4 Å². The van der Waals surface area contributed by atoms with E-state index in [2.05, 4.69) is 21.2 Å². The van der Waals surface area contributed by atoms with Crippen molar-refractivity contribution in [2.24, 2.45) is 0 Å². The number of carboxylic acids is 1. The lowest BCUT2D eigenvalue weighted by atomic mass is 10.1. The van der Waals surface area contributed by atoms with Crippen LogP contribution in [0.2, 0.25) is 5.02 Å². The first-order valence-corrected chi connectivity index (χ1v) is 6.85. The van der Waals surface area contributed by atoms with Gasteiger partial charge in [-0.1, -0.05) is 27.5 Å². The lowest BCUT2D eigenvalue weighted by Gasteiger charge is -2.10. The summed E-state index contributed by atoms with van der Waals surface area (Å²) in [5.41, 5.74) is 0.927. The van der Waals surface area contributed by atoms with Gasteiger partial charge in [0.25, 0.3) is 0 Å². The zero-order valence-electron chi connectivity index (χ0n) is 10.2. The monoisotopic (exact) mass is 357 g/mol. The van der Waals surface area contributed by atoms with Crippen LogP contribution in [0.4, 0.5) is 10.1 Å². The van der Waals surface area contributed by atoms with Gasteiger partial charge in [0.2, 0.25) is 0 Å². The largest absolute Gasteiger partial charge is 0.478 e. The third kappa shape index (κ3) is 3.49. The molecule has 2 aromatic carbocycles. The third-order valence-electron chi connectivity index (χ3n) is 2.69. The summed E-state index contributed by atoms with van der Waals surface area (Å²) in [6.45, 7) is 0.290. The summed E-state index contributed by atoms with van der Waals surface area (Å²) in [7, 11) is 0. The fourth-order valence-electron chi connectivity index (χ4n) is 1.66. The van der Waals surface area contributed by atoms with Gasteiger partial charge in [0.05, 0.1) is 11.3 Å². The molecule has 0 saturated heterocycles. The molecule has 0 aliphatic rings. The van der Waals surface area contributed by atoms with Gasteiger partial charge in [-0.2, -0.15) is 0 Å². The molecule has 3 nitrogen and oxygen atoms in total. The molecule has 2 aromatic rings. The molecule has 2 N–H and O–H groups in total. The minimum absolute atomic E-state index is 0.0224. The van der Waals surface area contributed by atoms with E-state index in [4.69, 9.17) is 16.7 Å². The van der Waals surface area contributed by atoms with E-state index in [1.807, 2.05) is 6.07 Å². The van der Waals surface area contributed by atoms with Crippen molar-refractivity contribution in [2.45, 2.75) is 6.54 Å². The number of benzene rings is 2. The van der Waals surface area contributed by atoms with E-state index < -0.39 is 11.8 Å². The molecule has 104 valence electrons. The van der Waals surface area contributed by atoms with Gasteiger partial charge in [-0.15, -0.1) is 0 Å². The molecular formula is C14H10BrClFNO2. The molecular weight excluding hydrogens is 349 g/mol. The molecule has 0 spiro atoms. The maximum Gasteiger partial charge on any atom is 0.335 e. The van der Waals surface area contributed by atoms with Crippen LogP contribution in [0.25, 0.3) is 0 Å². The third-order valence-corrected chi connectivity index (χ3v) is 3.55. The Bertz CT molecular complexity index is 664. The van der Waals surface area contributed by atoms with Crippen LogP contribution in [-0.2, 0) is 6.54 Å². The van der Waals surface area contributed by atoms with Crippen molar-refractivity contribution in [1.29, 1.82) is 0 Å². The Morgan fingerprint density at radius 2 is 2.05 bits per heavy atom. The lowest BCUT2D eigenvalue weighted by molar-refractivity contribution is 0.0697. The first-order chi connectivity index (χ1) is 9.47. The van der Waals surface area contributed by atoms with Crippen LogP contribution in [0.3, 0.4) is 0 Å². The highest BCUT2D eigenvalue weighted by atomic mass is 79.9. The zero-order valence-corrected chi connectivity index (χ0v) is 12.5. The van der Waals surface area contributed by atoms with E-state index in [0.717, 1.165) is 16.1 Å². The smallest absolute Gasteiger partial charge is 0.335 e. The second kappa shape index (κ2) is 6.24. The second-order valence-electron chi connectivity index (χ2n) is 4.09. The molecule has 0 aliphatic heterocycles. The number of halogens is 3. The summed E-state index contributed by atoms with van der Waals surface area (Å²) < 4.78 is 14.5. The quantitative estimate of drug-likeness (QED) is 0.843. The van der Waals surface area contributed by atoms with Crippen LogP contribution in [0.5, 0.6) is 0 Å². The minimum atomic E-state index is -1.10. The van der Waals surface area contributed by atoms with Crippen molar-refractivity contribution in [1.82, 2.24) is 0 Å². The van der Waals surface area contributed by atoms with Gasteiger partial charge >= 0.3 is 5.97 Å². The maximum atomic E-state index is 13.6. The molecule has 0 atom stereocenters. The Morgan fingerprint density at radius 3 is 2.75 bits per heavy atom. The van der Waals surface area contributed by atoms with Crippen LogP contribution in [0.15, 0.2) is 40.9 Å². The number of hydrogen-bond acceptors (Lipinski definition) is 2. The number of carboxylic acid groups (broad SMARTS) is 1. The van der Waals surface area contributed by atoms with Crippen molar-refractivity contribution < 1.29 is 14.3 Å². The lowest BCUT2D eigenvalue weighted by Crippen LogP contribution is -2.04. The van der Waals surface area contributed by atoms with E-state index in [9.17, 15) is 9.18 Å². The Morgan fingerprint density at radius 1 is 1.30 bits per heavy atom. The van der Waals surface area contributed by atoms with Crippen LogP contribution in [0.1, 0.15) is 15.9 Å². The van der Waals surface area contributed by atoms with E-state index in [1.165, 1.54) is 12.1 Å². The van der Waals surface area contributed by atoms with Gasteiger partial charge in [-0.3, -0.25) is 0 Å². The van der Waals surface area contributed by atoms with Gasteiger partial charge in [0.15, 0.2) is 0 Å². The number of anilines is 1. The van der Waals surface area contributed by atoms with Gasteiger partial charge in [-0.05, 0) is 42.0 Å². The summed E-state index contributed by atoms with van der Waals surface area (Å²) in [4.78, 5) is 10.9. The molecule has 0 saturated carbocycles. The molecule has 0 amide bonds. The first kappa shape index (κ1) is 14.8. The number of rotatable bonds is 4. The number of aromatic carboxylic acids is 1. The highest BCUT2D eigenvalue weighted by molar-refractivity contribution is 9.10. The van der Waals surface area contributed by atoms with Crippen LogP contribution < -0.4 is 5.32 Å². The van der Waals surface area contributed by atoms with E-state index in [1.54, 1.807) is 12.1 Å². The Labute approximate surface area is 128 Å². The summed E-state index contributed by atoms with van der Waals surface area (Å²) in [6.07, 6.45) is 0. The molecule has 6 heteroatoms. The van der Waals surface area contributed by atoms with Crippen molar-refractivity contribution in [2.75, 3.05) is 5.32 Å². The molecule has 0 radical (unpaired) electrons. The maximum absolute atomic E-state index is 13.6. The first-order valence-electron chi connectivity index (χ1n) is 5.68. The molecule has 0 unspecified atom stereocenters. The number of carbonyl (C=O) groups is 1. The normalized spacial score (nSPS) is 10.3. The van der Waals surface area contributed by atoms with Gasteiger partial charge in [0.1, 0.15) is 5.82 Å². The van der Waals surface area contributed by atoms with E-state index >= 15 is 0 Å². The van der Waals surface area contributed by atoms with Crippen molar-refractivity contribution >= 4 is 39.2 Å². The topological polar surface area (TPSA) is 49.3 Å². The zero-order chi connectivity index (χ0) is 14.7. The number of nitrogens with one attached hydrogen (secondary N) is 1. The van der Waals surface area contributed by atoms with Crippen molar-refractivity contribution in [3.63, 3.8) is 0 Å². The standard InChI is InChI=1S/C14H10BrClFNO2/c15-10-2-3-11(16)9(5-10)7-18-13-6-8(14(19)20)1-4-12(13)17/h1-6,18H,7H2,(H,19,20). The van der Waals surface area contributed by atoms with Crippen LogP contribution >= 0.6 is 27.5 Å². The fourth-order valence-corrected chi connectivity index (χ4v) is 2.26. The molecule has 0 aromatic heterocycles. The van der Waals surface area contributed by atoms with Gasteiger partial charge in [0, 0.05) is 16.0 Å². The highest BCUT2D eigenvalue weighted by Crippen LogP contribution is 2.23. The number of hydrogen-bond donors (Lipinski definition) is 2.